The van der Waals surface area contributed by atoms with Gasteiger partial charge in [-0.2, -0.15) is 0 Å². The van der Waals surface area contributed by atoms with Gasteiger partial charge < -0.3 is 5.32 Å². The van der Waals surface area contributed by atoms with Crippen molar-refractivity contribution in [3.05, 3.63) is 35.3 Å². The highest BCUT2D eigenvalue weighted by Gasteiger charge is 2.09. The average molecular weight is 246 g/mol. The van der Waals surface area contributed by atoms with Crippen LogP contribution < -0.4 is 5.32 Å². The predicted molar refractivity (Wildman–Crippen MR) is 74.6 cm³/mol. The van der Waals surface area contributed by atoms with Gasteiger partial charge in [0.1, 0.15) is 5.82 Å². The van der Waals surface area contributed by atoms with Gasteiger partial charge in [-0.3, -0.25) is 4.98 Å². The molecule has 96 valence electrons. The summed E-state index contributed by atoms with van der Waals surface area (Å²) in [4.78, 5) is 4.55. The van der Waals surface area contributed by atoms with E-state index in [1.54, 1.807) is 6.07 Å². The molecule has 3 heteroatoms. The molecular weight excluding hydrogens is 227 g/mol. The second kappa shape index (κ2) is 5.34. The van der Waals surface area contributed by atoms with E-state index in [1.165, 1.54) is 6.07 Å². The predicted octanol–water partition coefficient (Wildman–Crippen LogP) is 4.07. The number of benzene rings is 1. The van der Waals surface area contributed by atoms with Crippen molar-refractivity contribution in [2.24, 2.45) is 0 Å². The molecule has 1 heterocycles. The highest BCUT2D eigenvalue weighted by atomic mass is 19.1. The molecule has 0 atom stereocenters. The molecule has 1 aromatic heterocycles. The van der Waals surface area contributed by atoms with Crippen LogP contribution in [0.25, 0.3) is 10.9 Å². The summed E-state index contributed by atoms with van der Waals surface area (Å²) in [6.07, 6.45) is 1.96. The quantitative estimate of drug-likeness (QED) is 0.879. The Bertz CT molecular complexity index is 564. The van der Waals surface area contributed by atoms with Crippen LogP contribution in [0.3, 0.4) is 0 Å². The first kappa shape index (κ1) is 12.8. The number of rotatable bonds is 4. The maximum Gasteiger partial charge on any atom is 0.125 e. The van der Waals surface area contributed by atoms with Gasteiger partial charge in [0.15, 0.2) is 0 Å². The maximum atomic E-state index is 13.5. The summed E-state index contributed by atoms with van der Waals surface area (Å²) < 4.78 is 13.5. The summed E-state index contributed by atoms with van der Waals surface area (Å²) in [6.45, 7) is 6.95. The Labute approximate surface area is 107 Å². The summed E-state index contributed by atoms with van der Waals surface area (Å²) >= 11 is 0. The average Bonchev–Trinajstić information content (AvgIpc) is 2.28. The standard InChI is InChI=1S/C15H19FN2/c1-4-6-12-9-13(17-5-2)15-10(3)7-11(16)8-14(15)18-12/h7-9H,4-6H2,1-3H3,(H,17,18). The summed E-state index contributed by atoms with van der Waals surface area (Å²) in [6, 6.07) is 5.16. The smallest absolute Gasteiger partial charge is 0.125 e. The van der Waals surface area contributed by atoms with Crippen LogP contribution in [0.5, 0.6) is 0 Å². The molecule has 0 spiro atoms. The van der Waals surface area contributed by atoms with Gasteiger partial charge in [-0.1, -0.05) is 13.3 Å². The SMILES string of the molecule is CCCc1cc(NCC)c2c(C)cc(F)cc2n1. The van der Waals surface area contributed by atoms with Gasteiger partial charge in [-0.25, -0.2) is 4.39 Å². The number of fused-ring (bicyclic) bond motifs is 1. The number of hydrogen-bond acceptors (Lipinski definition) is 2. The molecule has 2 aromatic rings. The molecule has 0 amide bonds. The Morgan fingerprint density at radius 2 is 2.00 bits per heavy atom. The van der Waals surface area contributed by atoms with Gasteiger partial charge in [-0.15, -0.1) is 0 Å². The Morgan fingerprint density at radius 3 is 2.67 bits per heavy atom. The largest absolute Gasteiger partial charge is 0.385 e. The highest BCUT2D eigenvalue weighted by Crippen LogP contribution is 2.28. The monoisotopic (exact) mass is 246 g/mol. The Morgan fingerprint density at radius 1 is 1.22 bits per heavy atom. The number of pyridine rings is 1. The van der Waals surface area contributed by atoms with Crippen LogP contribution >= 0.6 is 0 Å². The fraction of sp³-hybridized carbons (Fsp3) is 0.400. The van der Waals surface area contributed by atoms with Crippen LogP contribution in [0.4, 0.5) is 10.1 Å². The Kier molecular flexibility index (Phi) is 3.80. The van der Waals surface area contributed by atoms with Gasteiger partial charge in [0.25, 0.3) is 0 Å². The van der Waals surface area contributed by atoms with Gasteiger partial charge in [0, 0.05) is 29.4 Å². The first-order valence-electron chi connectivity index (χ1n) is 6.49. The molecule has 2 nitrogen and oxygen atoms in total. The van der Waals surface area contributed by atoms with E-state index in [4.69, 9.17) is 0 Å². The van der Waals surface area contributed by atoms with E-state index in [-0.39, 0.29) is 5.82 Å². The van der Waals surface area contributed by atoms with Gasteiger partial charge in [-0.05, 0) is 38.0 Å². The van der Waals surface area contributed by atoms with Gasteiger partial charge >= 0.3 is 0 Å². The third-order valence-electron chi connectivity index (χ3n) is 3.00. The Hall–Kier alpha value is -1.64. The van der Waals surface area contributed by atoms with E-state index in [9.17, 15) is 4.39 Å². The number of hydrogen-bond donors (Lipinski definition) is 1. The number of nitrogens with zero attached hydrogens (tertiary/aromatic N) is 1. The van der Waals surface area contributed by atoms with Crippen LogP contribution in [0, 0.1) is 12.7 Å². The Balaban J connectivity index is 2.68. The molecule has 0 unspecified atom stereocenters. The minimum Gasteiger partial charge on any atom is -0.385 e. The van der Waals surface area contributed by atoms with Crippen LogP contribution in [0.1, 0.15) is 31.5 Å². The molecule has 0 aliphatic heterocycles. The lowest BCUT2D eigenvalue weighted by Crippen LogP contribution is -2.02. The number of aryl methyl sites for hydroxylation is 2. The van der Waals surface area contributed by atoms with E-state index in [0.717, 1.165) is 47.2 Å². The van der Waals surface area contributed by atoms with Crippen LogP contribution in [0.15, 0.2) is 18.2 Å². The van der Waals surface area contributed by atoms with E-state index in [1.807, 2.05) is 6.92 Å². The van der Waals surface area contributed by atoms with Crippen molar-refractivity contribution in [3.63, 3.8) is 0 Å². The molecule has 0 saturated heterocycles. The van der Waals surface area contributed by atoms with Crippen molar-refractivity contribution < 1.29 is 4.39 Å². The fourth-order valence-electron chi connectivity index (χ4n) is 2.30. The molecule has 0 aliphatic carbocycles. The van der Waals surface area contributed by atoms with Crippen molar-refractivity contribution in [2.75, 3.05) is 11.9 Å². The van der Waals surface area contributed by atoms with Crippen LogP contribution in [0.2, 0.25) is 0 Å². The molecule has 0 fully saturated rings. The van der Waals surface area contributed by atoms with Crippen LogP contribution in [-0.4, -0.2) is 11.5 Å². The minimum atomic E-state index is -0.219. The third kappa shape index (κ3) is 2.45. The third-order valence-corrected chi connectivity index (χ3v) is 3.00. The first-order valence-corrected chi connectivity index (χ1v) is 6.49. The topological polar surface area (TPSA) is 24.9 Å². The summed E-state index contributed by atoms with van der Waals surface area (Å²) in [7, 11) is 0. The van der Waals surface area contributed by atoms with Crippen molar-refractivity contribution in [1.82, 2.24) is 4.98 Å². The maximum absolute atomic E-state index is 13.5. The van der Waals surface area contributed by atoms with E-state index >= 15 is 0 Å². The second-order valence-electron chi connectivity index (χ2n) is 4.56. The molecule has 0 bridgehead atoms. The first-order chi connectivity index (χ1) is 8.65. The number of nitrogens with one attached hydrogen (secondary N) is 1. The zero-order chi connectivity index (χ0) is 13.1. The highest BCUT2D eigenvalue weighted by molar-refractivity contribution is 5.94. The van der Waals surface area contributed by atoms with Crippen molar-refractivity contribution >= 4 is 16.6 Å². The molecule has 0 radical (unpaired) electrons. The fourth-order valence-corrected chi connectivity index (χ4v) is 2.30. The normalized spacial score (nSPS) is 10.9. The van der Waals surface area contributed by atoms with Crippen molar-refractivity contribution in [1.29, 1.82) is 0 Å². The zero-order valence-electron chi connectivity index (χ0n) is 11.2. The summed E-state index contributed by atoms with van der Waals surface area (Å²) in [5.74, 6) is -0.219. The molecule has 18 heavy (non-hydrogen) atoms. The molecule has 0 saturated carbocycles. The number of anilines is 1. The van der Waals surface area contributed by atoms with Gasteiger partial charge in [0.2, 0.25) is 0 Å². The lowest BCUT2D eigenvalue weighted by atomic mass is 10.1. The summed E-state index contributed by atoms with van der Waals surface area (Å²) in [5, 5.41) is 4.37. The molecule has 0 aliphatic rings. The van der Waals surface area contributed by atoms with Gasteiger partial charge in [0.05, 0.1) is 5.52 Å². The lowest BCUT2D eigenvalue weighted by molar-refractivity contribution is 0.628. The summed E-state index contributed by atoms with van der Waals surface area (Å²) in [5.41, 5.74) is 3.75. The second-order valence-corrected chi connectivity index (χ2v) is 4.56. The number of aromatic nitrogens is 1. The van der Waals surface area contributed by atoms with Crippen molar-refractivity contribution in [2.45, 2.75) is 33.6 Å². The zero-order valence-corrected chi connectivity index (χ0v) is 11.2. The van der Waals surface area contributed by atoms with E-state index < -0.39 is 0 Å². The molecular formula is C15H19FN2. The van der Waals surface area contributed by atoms with E-state index in [2.05, 4.69) is 30.2 Å². The minimum absolute atomic E-state index is 0.219. The van der Waals surface area contributed by atoms with Crippen LogP contribution in [-0.2, 0) is 6.42 Å². The molecule has 2 rings (SSSR count). The lowest BCUT2D eigenvalue weighted by Gasteiger charge is -2.12. The molecule has 1 aromatic carbocycles. The number of halogens is 1. The van der Waals surface area contributed by atoms with Crippen molar-refractivity contribution in [3.8, 4) is 0 Å². The van der Waals surface area contributed by atoms with E-state index in [0.29, 0.717) is 0 Å². The molecule has 1 N–H and O–H groups in total.